The van der Waals surface area contributed by atoms with Crippen molar-refractivity contribution in [2.45, 2.75) is 50.2 Å². The molecule has 3 N–H and O–H groups in total. The van der Waals surface area contributed by atoms with Gasteiger partial charge in [-0.25, -0.2) is 4.39 Å². The van der Waals surface area contributed by atoms with Crippen molar-refractivity contribution in [2.24, 2.45) is 5.73 Å². The van der Waals surface area contributed by atoms with Gasteiger partial charge in [0.05, 0.1) is 12.2 Å². The number of hydrogen-bond acceptors (Lipinski definition) is 3. The second kappa shape index (κ2) is 8.08. The lowest BCUT2D eigenvalue weighted by atomic mass is 9.89. The van der Waals surface area contributed by atoms with Gasteiger partial charge in [-0.15, -0.1) is 0 Å². The first-order valence-electron chi connectivity index (χ1n) is 7.56. The molecule has 3 nitrogen and oxygen atoms in total. The molecule has 0 saturated carbocycles. The van der Waals surface area contributed by atoms with Crippen molar-refractivity contribution >= 4 is 11.6 Å². The van der Waals surface area contributed by atoms with Crippen molar-refractivity contribution in [3.63, 3.8) is 0 Å². The Hall–Kier alpha value is -0.680. The van der Waals surface area contributed by atoms with Gasteiger partial charge in [-0.3, -0.25) is 0 Å². The molecule has 1 aliphatic heterocycles. The van der Waals surface area contributed by atoms with Gasteiger partial charge < -0.3 is 15.6 Å². The molecule has 1 aromatic carbocycles. The quantitative estimate of drug-likeness (QED) is 0.847. The standard InChI is InChI=1S/C16H23ClFNO2/c17-15-9-11(18)4-6-13(15)14(10-19)16(20)7-5-12-3-1-2-8-21-12/h4,6,9,12,14,16,20H,1-3,5,7-8,10,19H2. The van der Waals surface area contributed by atoms with Crippen molar-refractivity contribution in [1.29, 1.82) is 0 Å². The fraction of sp³-hybridized carbons (Fsp3) is 0.625. The van der Waals surface area contributed by atoms with Gasteiger partial charge in [-0.05, 0) is 49.8 Å². The van der Waals surface area contributed by atoms with Gasteiger partial charge in [0.15, 0.2) is 0 Å². The van der Waals surface area contributed by atoms with Crippen LogP contribution < -0.4 is 5.73 Å². The predicted molar refractivity (Wildman–Crippen MR) is 82.0 cm³/mol. The van der Waals surface area contributed by atoms with E-state index in [9.17, 15) is 9.50 Å². The molecule has 0 radical (unpaired) electrons. The van der Waals surface area contributed by atoms with Crippen LogP contribution in [0.25, 0.3) is 0 Å². The minimum absolute atomic E-state index is 0.232. The van der Waals surface area contributed by atoms with E-state index in [1.807, 2.05) is 0 Å². The zero-order chi connectivity index (χ0) is 15.2. The Labute approximate surface area is 130 Å². The largest absolute Gasteiger partial charge is 0.392 e. The molecule has 2 rings (SSSR count). The summed E-state index contributed by atoms with van der Waals surface area (Å²) in [7, 11) is 0. The number of halogens is 2. The number of benzene rings is 1. The van der Waals surface area contributed by atoms with Gasteiger partial charge in [0.25, 0.3) is 0 Å². The maximum absolute atomic E-state index is 13.1. The maximum atomic E-state index is 13.1. The SMILES string of the molecule is NCC(c1ccc(F)cc1Cl)C(O)CCC1CCCCO1. The molecule has 1 aromatic rings. The second-order valence-electron chi connectivity index (χ2n) is 5.64. The molecule has 21 heavy (non-hydrogen) atoms. The van der Waals surface area contributed by atoms with Crippen LogP contribution in [0.15, 0.2) is 18.2 Å². The summed E-state index contributed by atoms with van der Waals surface area (Å²) >= 11 is 6.06. The zero-order valence-electron chi connectivity index (χ0n) is 12.1. The number of hydrogen-bond donors (Lipinski definition) is 2. The molecule has 3 unspecified atom stereocenters. The van der Waals surface area contributed by atoms with Crippen molar-refractivity contribution in [3.05, 3.63) is 34.6 Å². The molecule has 1 fully saturated rings. The Kier molecular flexibility index (Phi) is 6.42. The Morgan fingerprint density at radius 3 is 2.86 bits per heavy atom. The summed E-state index contributed by atoms with van der Waals surface area (Å²) in [5.41, 5.74) is 6.48. The molecular formula is C16H23ClFNO2. The van der Waals surface area contributed by atoms with Gasteiger partial charge >= 0.3 is 0 Å². The third kappa shape index (κ3) is 4.65. The Balaban J connectivity index is 1.95. The molecule has 0 amide bonds. The highest BCUT2D eigenvalue weighted by molar-refractivity contribution is 6.31. The molecule has 3 atom stereocenters. The van der Waals surface area contributed by atoms with Crippen molar-refractivity contribution < 1.29 is 14.2 Å². The van der Waals surface area contributed by atoms with E-state index in [4.69, 9.17) is 22.1 Å². The third-order valence-corrected chi connectivity index (χ3v) is 4.47. The van der Waals surface area contributed by atoms with Crippen LogP contribution in [0.2, 0.25) is 5.02 Å². The average molecular weight is 316 g/mol. The summed E-state index contributed by atoms with van der Waals surface area (Å²) in [6.07, 6.45) is 4.42. The van der Waals surface area contributed by atoms with E-state index < -0.39 is 6.10 Å². The van der Waals surface area contributed by atoms with E-state index in [2.05, 4.69) is 0 Å². The highest BCUT2D eigenvalue weighted by atomic mass is 35.5. The van der Waals surface area contributed by atoms with Crippen LogP contribution in [0.3, 0.4) is 0 Å². The minimum atomic E-state index is -0.594. The first-order chi connectivity index (χ1) is 10.1. The first-order valence-corrected chi connectivity index (χ1v) is 7.94. The highest BCUT2D eigenvalue weighted by Crippen LogP contribution is 2.30. The fourth-order valence-corrected chi connectivity index (χ4v) is 3.19. The second-order valence-corrected chi connectivity index (χ2v) is 6.05. The summed E-state index contributed by atoms with van der Waals surface area (Å²) in [5, 5.41) is 10.7. The molecule has 0 aromatic heterocycles. The molecule has 5 heteroatoms. The summed E-state index contributed by atoms with van der Waals surface area (Å²) in [5.74, 6) is -0.661. The smallest absolute Gasteiger partial charge is 0.124 e. The van der Waals surface area contributed by atoms with Crippen LogP contribution in [-0.2, 0) is 4.74 Å². The van der Waals surface area contributed by atoms with E-state index >= 15 is 0 Å². The molecule has 0 aliphatic carbocycles. The summed E-state index contributed by atoms with van der Waals surface area (Å²) in [4.78, 5) is 0. The van der Waals surface area contributed by atoms with E-state index in [-0.39, 0.29) is 24.4 Å². The van der Waals surface area contributed by atoms with Crippen LogP contribution >= 0.6 is 11.6 Å². The molecule has 0 bridgehead atoms. The van der Waals surface area contributed by atoms with Gasteiger partial charge in [-0.1, -0.05) is 17.7 Å². The third-order valence-electron chi connectivity index (χ3n) is 4.14. The summed E-state index contributed by atoms with van der Waals surface area (Å²) in [6, 6.07) is 4.22. The van der Waals surface area contributed by atoms with Crippen molar-refractivity contribution in [1.82, 2.24) is 0 Å². The lowest BCUT2D eigenvalue weighted by Crippen LogP contribution is -2.28. The number of aliphatic hydroxyl groups excluding tert-OH is 1. The molecule has 118 valence electrons. The minimum Gasteiger partial charge on any atom is -0.392 e. The van der Waals surface area contributed by atoms with Crippen molar-refractivity contribution in [3.8, 4) is 0 Å². The van der Waals surface area contributed by atoms with Crippen LogP contribution in [0.5, 0.6) is 0 Å². The first kappa shape index (κ1) is 16.7. The van der Waals surface area contributed by atoms with E-state index in [1.54, 1.807) is 6.07 Å². The topological polar surface area (TPSA) is 55.5 Å². The van der Waals surface area contributed by atoms with Gasteiger partial charge in [0, 0.05) is 24.1 Å². The van der Waals surface area contributed by atoms with Crippen LogP contribution in [0, 0.1) is 5.82 Å². The Morgan fingerprint density at radius 1 is 1.43 bits per heavy atom. The monoisotopic (exact) mass is 315 g/mol. The van der Waals surface area contributed by atoms with E-state index in [1.165, 1.54) is 18.6 Å². The lowest BCUT2D eigenvalue weighted by Gasteiger charge is -2.27. The number of rotatable bonds is 6. The molecule has 1 aliphatic rings. The lowest BCUT2D eigenvalue weighted by molar-refractivity contribution is 0.000434. The fourth-order valence-electron chi connectivity index (χ4n) is 2.89. The van der Waals surface area contributed by atoms with Crippen LogP contribution in [-0.4, -0.2) is 30.5 Å². The normalized spacial score (nSPS) is 22.0. The Morgan fingerprint density at radius 2 is 2.24 bits per heavy atom. The van der Waals surface area contributed by atoms with Crippen LogP contribution in [0.4, 0.5) is 4.39 Å². The van der Waals surface area contributed by atoms with Gasteiger partial charge in [0.1, 0.15) is 5.82 Å². The number of nitrogens with two attached hydrogens (primary N) is 1. The molecule has 1 heterocycles. The predicted octanol–water partition coefficient (Wildman–Crippen LogP) is 3.23. The highest BCUT2D eigenvalue weighted by Gasteiger charge is 2.24. The zero-order valence-corrected chi connectivity index (χ0v) is 12.9. The maximum Gasteiger partial charge on any atom is 0.124 e. The van der Waals surface area contributed by atoms with Crippen LogP contribution in [0.1, 0.15) is 43.6 Å². The van der Waals surface area contributed by atoms with E-state index in [0.717, 1.165) is 25.9 Å². The van der Waals surface area contributed by atoms with Crippen molar-refractivity contribution in [2.75, 3.05) is 13.2 Å². The summed E-state index contributed by atoms with van der Waals surface area (Å²) in [6.45, 7) is 1.09. The van der Waals surface area contributed by atoms with Gasteiger partial charge in [0.2, 0.25) is 0 Å². The van der Waals surface area contributed by atoms with Gasteiger partial charge in [-0.2, -0.15) is 0 Å². The molecule has 1 saturated heterocycles. The Bertz CT molecular complexity index is 452. The molecule has 0 spiro atoms. The number of ether oxygens (including phenoxy) is 1. The molecular weight excluding hydrogens is 293 g/mol. The number of aliphatic hydroxyl groups is 1. The van der Waals surface area contributed by atoms with E-state index in [0.29, 0.717) is 17.0 Å². The average Bonchev–Trinajstić information content (AvgIpc) is 2.49. The summed E-state index contributed by atoms with van der Waals surface area (Å²) < 4.78 is 18.8.